The van der Waals surface area contributed by atoms with Crippen molar-refractivity contribution in [3.63, 3.8) is 0 Å². The maximum Gasteiger partial charge on any atom is 0.325 e. The van der Waals surface area contributed by atoms with Crippen molar-refractivity contribution in [3.05, 3.63) is 28.5 Å². The normalized spacial score (nSPS) is 10.6. The Hall–Kier alpha value is -1.62. The predicted molar refractivity (Wildman–Crippen MR) is 63.9 cm³/mol. The highest BCUT2D eigenvalue weighted by Gasteiger charge is 2.09. The van der Waals surface area contributed by atoms with Crippen LogP contribution in [0.4, 0.5) is 0 Å². The second kappa shape index (κ2) is 4.09. The van der Waals surface area contributed by atoms with Crippen molar-refractivity contribution in [1.29, 1.82) is 0 Å². The lowest BCUT2D eigenvalue weighted by molar-refractivity contribution is -0.141. The number of nitrogens with zero attached hydrogens (tertiary/aromatic N) is 1. The molecule has 1 aromatic heterocycles. The molecule has 1 heterocycles. The van der Waals surface area contributed by atoms with Crippen LogP contribution in [0.3, 0.4) is 0 Å². The molecule has 0 fully saturated rings. The molecule has 84 valence electrons. The molecule has 2 aromatic rings. The van der Waals surface area contributed by atoms with Gasteiger partial charge < -0.3 is 14.3 Å². The van der Waals surface area contributed by atoms with Gasteiger partial charge in [0, 0.05) is 0 Å². The van der Waals surface area contributed by atoms with E-state index in [4.69, 9.17) is 12.2 Å². The molecular formula is C11H12N2O2S. The van der Waals surface area contributed by atoms with Crippen LogP contribution in [0.2, 0.25) is 0 Å². The van der Waals surface area contributed by atoms with E-state index in [2.05, 4.69) is 9.72 Å². The number of esters is 1. The largest absolute Gasteiger partial charge is 0.468 e. The van der Waals surface area contributed by atoms with Crippen molar-refractivity contribution in [3.8, 4) is 0 Å². The highest BCUT2D eigenvalue weighted by Crippen LogP contribution is 2.17. The van der Waals surface area contributed by atoms with Crippen molar-refractivity contribution in [2.75, 3.05) is 7.11 Å². The molecule has 0 saturated carbocycles. The van der Waals surface area contributed by atoms with Gasteiger partial charge in [-0.1, -0.05) is 12.1 Å². The maximum atomic E-state index is 11.3. The van der Waals surface area contributed by atoms with Crippen LogP contribution in [-0.4, -0.2) is 22.6 Å². The molecule has 0 saturated heterocycles. The van der Waals surface area contributed by atoms with Gasteiger partial charge >= 0.3 is 5.97 Å². The Kier molecular flexibility index (Phi) is 2.78. The van der Waals surface area contributed by atoms with E-state index in [1.807, 2.05) is 25.1 Å². The van der Waals surface area contributed by atoms with Crippen LogP contribution in [0.25, 0.3) is 11.0 Å². The molecule has 0 aliphatic carbocycles. The number of fused-ring (bicyclic) bond motifs is 1. The molecule has 0 unspecified atom stereocenters. The Balaban J connectivity index is 2.61. The highest BCUT2D eigenvalue weighted by molar-refractivity contribution is 7.71. The van der Waals surface area contributed by atoms with Gasteiger partial charge in [-0.2, -0.15) is 0 Å². The number of carbonyl (C=O) groups excluding carboxylic acids is 1. The number of benzene rings is 1. The van der Waals surface area contributed by atoms with E-state index in [1.54, 1.807) is 4.57 Å². The minimum absolute atomic E-state index is 0.138. The topological polar surface area (TPSA) is 47.0 Å². The Bertz CT molecular complexity index is 598. The van der Waals surface area contributed by atoms with Crippen LogP contribution >= 0.6 is 12.2 Å². The van der Waals surface area contributed by atoms with Crippen molar-refractivity contribution < 1.29 is 9.53 Å². The van der Waals surface area contributed by atoms with E-state index in [-0.39, 0.29) is 12.5 Å². The van der Waals surface area contributed by atoms with Crippen molar-refractivity contribution in [1.82, 2.24) is 9.55 Å². The van der Waals surface area contributed by atoms with Gasteiger partial charge in [-0.25, -0.2) is 0 Å². The number of hydrogen-bond donors (Lipinski definition) is 1. The molecule has 1 aromatic carbocycles. The molecule has 1 N–H and O–H groups in total. The summed E-state index contributed by atoms with van der Waals surface area (Å²) in [5, 5.41) is 0. The highest BCUT2D eigenvalue weighted by atomic mass is 32.1. The third-order valence-electron chi connectivity index (χ3n) is 2.53. The SMILES string of the molecule is COC(=O)Cn1c(=S)[nH]c2c(C)cccc21. The summed E-state index contributed by atoms with van der Waals surface area (Å²) < 4.78 is 6.91. The molecule has 0 aliphatic rings. The fourth-order valence-electron chi connectivity index (χ4n) is 1.67. The Labute approximate surface area is 97.8 Å². The number of aryl methyl sites for hydroxylation is 1. The molecule has 2 rings (SSSR count). The zero-order chi connectivity index (χ0) is 11.7. The zero-order valence-corrected chi connectivity index (χ0v) is 9.93. The van der Waals surface area contributed by atoms with Crippen molar-refractivity contribution >= 4 is 29.2 Å². The van der Waals surface area contributed by atoms with Crippen LogP contribution in [-0.2, 0) is 16.1 Å². The summed E-state index contributed by atoms with van der Waals surface area (Å²) in [7, 11) is 1.37. The summed E-state index contributed by atoms with van der Waals surface area (Å²) in [6.07, 6.45) is 0. The number of rotatable bonds is 2. The van der Waals surface area contributed by atoms with E-state index in [0.29, 0.717) is 4.77 Å². The van der Waals surface area contributed by atoms with Gasteiger partial charge in [-0.05, 0) is 30.8 Å². The maximum absolute atomic E-state index is 11.3. The minimum Gasteiger partial charge on any atom is -0.468 e. The molecule has 5 heteroatoms. The number of hydrogen-bond acceptors (Lipinski definition) is 3. The van der Waals surface area contributed by atoms with Gasteiger partial charge in [-0.15, -0.1) is 0 Å². The number of ether oxygens (including phenoxy) is 1. The number of aromatic nitrogens is 2. The van der Waals surface area contributed by atoms with Gasteiger partial charge in [0.25, 0.3) is 0 Å². The second-order valence-electron chi connectivity index (χ2n) is 3.56. The zero-order valence-electron chi connectivity index (χ0n) is 9.11. The van der Waals surface area contributed by atoms with Crippen LogP contribution < -0.4 is 0 Å². The Morgan fingerprint density at radius 3 is 3.00 bits per heavy atom. The standard InChI is InChI=1S/C11H12N2O2S/c1-7-4-3-5-8-10(7)12-11(16)13(8)6-9(14)15-2/h3-5H,6H2,1-2H3,(H,12,16). The summed E-state index contributed by atoms with van der Waals surface area (Å²) in [5.41, 5.74) is 3.00. The number of carbonyl (C=O) groups is 1. The fraction of sp³-hybridized carbons (Fsp3) is 0.273. The molecule has 0 amide bonds. The van der Waals surface area contributed by atoms with Gasteiger partial charge in [-0.3, -0.25) is 4.79 Å². The van der Waals surface area contributed by atoms with Crippen molar-refractivity contribution in [2.24, 2.45) is 0 Å². The van der Waals surface area contributed by atoms with Gasteiger partial charge in [0.05, 0.1) is 18.1 Å². The quantitative estimate of drug-likeness (QED) is 0.642. The number of nitrogens with one attached hydrogen (secondary N) is 1. The lowest BCUT2D eigenvalue weighted by Crippen LogP contribution is -2.11. The molecule has 0 bridgehead atoms. The Morgan fingerprint density at radius 2 is 2.31 bits per heavy atom. The van der Waals surface area contributed by atoms with Crippen LogP contribution in [0, 0.1) is 11.7 Å². The number of para-hydroxylation sites is 1. The predicted octanol–water partition coefficient (Wildman–Crippen LogP) is 2.18. The van der Waals surface area contributed by atoms with E-state index < -0.39 is 0 Å². The number of methoxy groups -OCH3 is 1. The number of H-pyrrole nitrogens is 1. The minimum atomic E-state index is -0.307. The third-order valence-corrected chi connectivity index (χ3v) is 2.86. The third kappa shape index (κ3) is 1.74. The average molecular weight is 236 g/mol. The van der Waals surface area contributed by atoms with Crippen molar-refractivity contribution in [2.45, 2.75) is 13.5 Å². The summed E-state index contributed by atoms with van der Waals surface area (Å²) in [5.74, 6) is -0.307. The first-order valence-electron chi connectivity index (χ1n) is 4.88. The molecule has 0 radical (unpaired) electrons. The van der Waals surface area contributed by atoms with E-state index in [1.165, 1.54) is 7.11 Å². The van der Waals surface area contributed by atoms with Gasteiger partial charge in [0.1, 0.15) is 6.54 Å². The van der Waals surface area contributed by atoms with E-state index in [9.17, 15) is 4.79 Å². The molecule has 0 spiro atoms. The molecule has 16 heavy (non-hydrogen) atoms. The Morgan fingerprint density at radius 1 is 1.56 bits per heavy atom. The van der Waals surface area contributed by atoms with E-state index in [0.717, 1.165) is 16.6 Å². The molecule has 0 atom stereocenters. The van der Waals surface area contributed by atoms with Gasteiger partial charge in [0.2, 0.25) is 0 Å². The first kappa shape index (κ1) is 10.9. The smallest absolute Gasteiger partial charge is 0.325 e. The summed E-state index contributed by atoms with van der Waals surface area (Å²) >= 11 is 5.18. The van der Waals surface area contributed by atoms with E-state index >= 15 is 0 Å². The summed E-state index contributed by atoms with van der Waals surface area (Å²) in [4.78, 5) is 14.4. The molecule has 0 aliphatic heterocycles. The lowest BCUT2D eigenvalue weighted by Gasteiger charge is -2.02. The fourth-order valence-corrected chi connectivity index (χ4v) is 1.94. The van der Waals surface area contributed by atoms with Crippen LogP contribution in [0.1, 0.15) is 5.56 Å². The number of imidazole rings is 1. The van der Waals surface area contributed by atoms with Crippen LogP contribution in [0.5, 0.6) is 0 Å². The molecule has 4 nitrogen and oxygen atoms in total. The average Bonchev–Trinajstić information content (AvgIpc) is 2.58. The first-order chi connectivity index (χ1) is 7.63. The monoisotopic (exact) mass is 236 g/mol. The number of aromatic amines is 1. The summed E-state index contributed by atoms with van der Waals surface area (Å²) in [6.45, 7) is 2.13. The second-order valence-corrected chi connectivity index (χ2v) is 3.95. The van der Waals surface area contributed by atoms with Crippen LogP contribution in [0.15, 0.2) is 18.2 Å². The first-order valence-corrected chi connectivity index (χ1v) is 5.29. The summed E-state index contributed by atoms with van der Waals surface area (Å²) in [6, 6.07) is 5.86. The molecular weight excluding hydrogens is 224 g/mol. The van der Waals surface area contributed by atoms with Gasteiger partial charge in [0.15, 0.2) is 4.77 Å². The lowest BCUT2D eigenvalue weighted by atomic mass is 10.2.